The van der Waals surface area contributed by atoms with Gasteiger partial charge in [0.05, 0.1) is 0 Å². The Bertz CT molecular complexity index is 1060. The standard InChI is InChI=1S/C14H8F6O6S2/c15-13(16,17)27(21,22)25-11-8-4-7-10(9-5-2-1-3-6-9)12(11)26-28(23,24)14(18,19)20/h1-8H. The van der Waals surface area contributed by atoms with E-state index >= 15 is 0 Å². The number of halogens is 6. The number of benzene rings is 2. The first kappa shape index (κ1) is 21.8. The van der Waals surface area contributed by atoms with Crippen molar-refractivity contribution in [2.45, 2.75) is 11.0 Å². The van der Waals surface area contributed by atoms with Crippen LogP contribution >= 0.6 is 0 Å². The topological polar surface area (TPSA) is 86.7 Å². The Morgan fingerprint density at radius 3 is 1.64 bits per heavy atom. The van der Waals surface area contributed by atoms with Crippen molar-refractivity contribution in [3.05, 3.63) is 48.5 Å². The van der Waals surface area contributed by atoms with Gasteiger partial charge >= 0.3 is 31.3 Å². The second-order valence-corrected chi connectivity index (χ2v) is 8.04. The SMILES string of the molecule is O=S(=O)(Oc1cccc(-c2ccccc2)c1OS(=O)(=O)C(F)(F)F)C(F)(F)F. The van der Waals surface area contributed by atoms with Gasteiger partial charge in [-0.3, -0.25) is 0 Å². The van der Waals surface area contributed by atoms with Crippen LogP contribution in [0.1, 0.15) is 0 Å². The van der Waals surface area contributed by atoms with Crippen LogP contribution in [0.3, 0.4) is 0 Å². The molecule has 2 rings (SSSR count). The molecule has 0 spiro atoms. The van der Waals surface area contributed by atoms with Gasteiger partial charge in [-0.2, -0.15) is 43.2 Å². The fourth-order valence-corrected chi connectivity index (χ4v) is 2.78. The van der Waals surface area contributed by atoms with Crippen LogP contribution in [0.4, 0.5) is 26.3 Å². The van der Waals surface area contributed by atoms with E-state index < -0.39 is 48.3 Å². The second-order valence-electron chi connectivity index (χ2n) is 4.97. The molecule has 14 heteroatoms. The molecule has 0 aliphatic heterocycles. The zero-order valence-corrected chi connectivity index (χ0v) is 14.8. The molecule has 0 heterocycles. The van der Waals surface area contributed by atoms with Gasteiger partial charge in [0.1, 0.15) is 0 Å². The van der Waals surface area contributed by atoms with Crippen LogP contribution in [-0.4, -0.2) is 27.9 Å². The molecule has 0 unspecified atom stereocenters. The predicted molar refractivity (Wildman–Crippen MR) is 83.1 cm³/mol. The van der Waals surface area contributed by atoms with E-state index in [9.17, 15) is 43.2 Å². The van der Waals surface area contributed by atoms with Crippen LogP contribution in [0.15, 0.2) is 48.5 Å². The van der Waals surface area contributed by atoms with Crippen LogP contribution in [0, 0.1) is 0 Å². The minimum Gasteiger partial charge on any atom is -0.372 e. The summed E-state index contributed by atoms with van der Waals surface area (Å²) >= 11 is 0. The minimum absolute atomic E-state index is 0.0183. The molecule has 0 fully saturated rings. The van der Waals surface area contributed by atoms with E-state index in [1.54, 1.807) is 0 Å². The van der Waals surface area contributed by atoms with Crippen molar-refractivity contribution in [3.8, 4) is 22.6 Å². The summed E-state index contributed by atoms with van der Waals surface area (Å²) < 4.78 is 128. The molecule has 0 saturated heterocycles. The van der Waals surface area contributed by atoms with E-state index in [0.29, 0.717) is 6.07 Å². The summed E-state index contributed by atoms with van der Waals surface area (Å²) in [6.07, 6.45) is 0. The average Bonchev–Trinajstić information content (AvgIpc) is 2.54. The zero-order chi connectivity index (χ0) is 21.4. The maximum absolute atomic E-state index is 12.7. The third-order valence-electron chi connectivity index (χ3n) is 3.02. The summed E-state index contributed by atoms with van der Waals surface area (Å²) in [6, 6.07) is 9.26. The molecule has 0 aliphatic carbocycles. The van der Waals surface area contributed by atoms with Crippen molar-refractivity contribution < 1.29 is 51.5 Å². The first-order valence-electron chi connectivity index (χ1n) is 6.86. The number of para-hydroxylation sites is 1. The Balaban J connectivity index is 2.70. The molecular weight excluding hydrogens is 442 g/mol. The van der Waals surface area contributed by atoms with Crippen molar-refractivity contribution in [2.24, 2.45) is 0 Å². The van der Waals surface area contributed by atoms with Crippen LogP contribution < -0.4 is 8.37 Å². The number of rotatable bonds is 5. The van der Waals surface area contributed by atoms with Crippen LogP contribution in [0.25, 0.3) is 11.1 Å². The Morgan fingerprint density at radius 2 is 1.14 bits per heavy atom. The molecule has 2 aromatic rings. The van der Waals surface area contributed by atoms with Gasteiger partial charge in [0.25, 0.3) is 0 Å². The fourth-order valence-electron chi connectivity index (χ4n) is 1.83. The van der Waals surface area contributed by atoms with Crippen LogP contribution in [-0.2, 0) is 20.2 Å². The van der Waals surface area contributed by atoms with E-state index in [-0.39, 0.29) is 5.56 Å². The quantitative estimate of drug-likeness (QED) is 0.391. The van der Waals surface area contributed by atoms with Crippen LogP contribution in [0.5, 0.6) is 11.5 Å². The zero-order valence-electron chi connectivity index (χ0n) is 13.2. The smallest absolute Gasteiger partial charge is 0.372 e. The maximum atomic E-state index is 12.7. The molecule has 0 amide bonds. The molecule has 0 radical (unpaired) electrons. The molecule has 154 valence electrons. The van der Waals surface area contributed by atoms with Crippen molar-refractivity contribution in [1.82, 2.24) is 0 Å². The van der Waals surface area contributed by atoms with Gasteiger partial charge in [0, 0.05) is 5.56 Å². The molecule has 2 aromatic carbocycles. The summed E-state index contributed by atoms with van der Waals surface area (Å²) in [5, 5.41) is 0. The van der Waals surface area contributed by atoms with Gasteiger partial charge in [0.15, 0.2) is 11.5 Å². The van der Waals surface area contributed by atoms with E-state index in [4.69, 9.17) is 0 Å². The molecule has 6 nitrogen and oxygen atoms in total. The van der Waals surface area contributed by atoms with E-state index in [1.807, 2.05) is 0 Å². The lowest BCUT2D eigenvalue weighted by Crippen LogP contribution is -2.30. The lowest BCUT2D eigenvalue weighted by Gasteiger charge is -2.17. The lowest BCUT2D eigenvalue weighted by molar-refractivity contribution is -0.0512. The molecule has 0 atom stereocenters. The van der Waals surface area contributed by atoms with Gasteiger partial charge in [-0.05, 0) is 11.6 Å². The average molecular weight is 450 g/mol. The largest absolute Gasteiger partial charge is 0.534 e. The fraction of sp³-hybridized carbons (Fsp3) is 0.143. The van der Waals surface area contributed by atoms with E-state index in [0.717, 1.165) is 12.1 Å². The number of alkyl halides is 6. The Hall–Kier alpha value is -2.48. The molecule has 28 heavy (non-hydrogen) atoms. The van der Waals surface area contributed by atoms with Gasteiger partial charge in [0.2, 0.25) is 0 Å². The number of hydrogen-bond acceptors (Lipinski definition) is 6. The van der Waals surface area contributed by atoms with Gasteiger partial charge in [-0.1, -0.05) is 42.5 Å². The van der Waals surface area contributed by atoms with E-state index in [1.165, 1.54) is 30.3 Å². The first-order valence-corrected chi connectivity index (χ1v) is 9.67. The highest BCUT2D eigenvalue weighted by Gasteiger charge is 2.51. The Labute approximate surface area is 154 Å². The summed E-state index contributed by atoms with van der Waals surface area (Å²) in [6.45, 7) is 0. The Kier molecular flexibility index (Phi) is 5.58. The van der Waals surface area contributed by atoms with Gasteiger partial charge in [-0.25, -0.2) is 0 Å². The molecule has 0 aromatic heterocycles. The maximum Gasteiger partial charge on any atom is 0.534 e. The number of hydrogen-bond donors (Lipinski definition) is 0. The molecule has 0 aliphatic rings. The van der Waals surface area contributed by atoms with Crippen molar-refractivity contribution in [1.29, 1.82) is 0 Å². The summed E-state index contributed by atoms with van der Waals surface area (Å²) in [5.74, 6) is -2.77. The van der Waals surface area contributed by atoms with Gasteiger partial charge in [-0.15, -0.1) is 0 Å². The summed E-state index contributed by atoms with van der Waals surface area (Å²) in [4.78, 5) is 0. The highest BCUT2D eigenvalue weighted by atomic mass is 32.2. The van der Waals surface area contributed by atoms with E-state index in [2.05, 4.69) is 8.37 Å². The molecular formula is C14H8F6O6S2. The molecule has 0 N–H and O–H groups in total. The third kappa shape index (κ3) is 4.49. The molecule has 0 bridgehead atoms. The summed E-state index contributed by atoms with van der Waals surface area (Å²) in [7, 11) is -12.7. The summed E-state index contributed by atoms with van der Waals surface area (Å²) in [5.41, 5.74) is -12.3. The monoisotopic (exact) mass is 450 g/mol. The van der Waals surface area contributed by atoms with Crippen molar-refractivity contribution in [3.63, 3.8) is 0 Å². The second kappa shape index (κ2) is 7.16. The Morgan fingerprint density at radius 1 is 0.643 bits per heavy atom. The predicted octanol–water partition coefficient (Wildman–Crippen LogP) is 3.81. The molecule has 0 saturated carbocycles. The normalized spacial score (nSPS) is 13.2. The third-order valence-corrected chi connectivity index (χ3v) is 4.94. The lowest BCUT2D eigenvalue weighted by atomic mass is 10.0. The highest BCUT2D eigenvalue weighted by molar-refractivity contribution is 7.88. The van der Waals surface area contributed by atoms with Crippen molar-refractivity contribution in [2.75, 3.05) is 0 Å². The highest BCUT2D eigenvalue weighted by Crippen LogP contribution is 2.42. The van der Waals surface area contributed by atoms with Gasteiger partial charge < -0.3 is 8.37 Å². The van der Waals surface area contributed by atoms with Crippen LogP contribution in [0.2, 0.25) is 0 Å². The minimum atomic E-state index is -6.35. The first-order chi connectivity index (χ1) is 12.7. The van der Waals surface area contributed by atoms with Crippen molar-refractivity contribution >= 4 is 20.2 Å².